The molecule has 0 saturated carbocycles. The molecule has 0 aromatic heterocycles. The second-order valence-corrected chi connectivity index (χ2v) is 11.8. The number of carbonyl (C=O) groups is 4. The van der Waals surface area contributed by atoms with Gasteiger partial charge in [-0.05, 0) is 66.7 Å². The number of nitrogens with one attached hydrogen (secondary N) is 1. The molecule has 2 aliphatic rings. The predicted molar refractivity (Wildman–Crippen MR) is 174 cm³/mol. The maximum atomic E-state index is 13.2. The van der Waals surface area contributed by atoms with Crippen LogP contribution in [0.15, 0.2) is 82.2 Å². The lowest BCUT2D eigenvalue weighted by molar-refractivity contribution is -0.136. The SMILES string of the molecule is CCOc1cc(/C=C2/SC(=O)N(CC(=O)N3CCN(c4ccccc4)CC3)C2=O)c(Br)cc1OCC(=O)Nc1ccccc1. The van der Waals surface area contributed by atoms with E-state index in [1.54, 1.807) is 35.2 Å². The molecule has 1 N–H and O–H groups in total. The van der Waals surface area contributed by atoms with E-state index in [1.807, 2.05) is 55.5 Å². The predicted octanol–water partition coefficient (Wildman–Crippen LogP) is 5.25. The number of ether oxygens (including phenoxy) is 2. The Morgan fingerprint density at radius 3 is 2.27 bits per heavy atom. The van der Waals surface area contributed by atoms with Crippen molar-refractivity contribution in [3.05, 3.63) is 87.7 Å². The van der Waals surface area contributed by atoms with Gasteiger partial charge in [-0.1, -0.05) is 52.3 Å². The molecule has 0 bridgehead atoms. The lowest BCUT2D eigenvalue weighted by atomic mass is 10.1. The molecule has 0 radical (unpaired) electrons. The maximum absolute atomic E-state index is 13.2. The Bertz CT molecular complexity index is 1560. The molecule has 4 amide bonds. The molecule has 0 spiro atoms. The van der Waals surface area contributed by atoms with Crippen LogP contribution in [-0.2, 0) is 14.4 Å². The highest BCUT2D eigenvalue weighted by molar-refractivity contribution is 9.10. The van der Waals surface area contributed by atoms with Crippen molar-refractivity contribution in [3.63, 3.8) is 0 Å². The number of benzene rings is 3. The summed E-state index contributed by atoms with van der Waals surface area (Å²) in [6.07, 6.45) is 1.58. The highest BCUT2D eigenvalue weighted by Gasteiger charge is 2.37. The van der Waals surface area contributed by atoms with Gasteiger partial charge in [-0.25, -0.2) is 0 Å². The number of carbonyl (C=O) groups excluding carboxylic acids is 4. The van der Waals surface area contributed by atoms with Crippen LogP contribution in [0.4, 0.5) is 16.2 Å². The molecule has 10 nitrogen and oxygen atoms in total. The average Bonchev–Trinajstić information content (AvgIpc) is 3.30. The number of imide groups is 1. The van der Waals surface area contributed by atoms with E-state index in [0.717, 1.165) is 22.3 Å². The van der Waals surface area contributed by atoms with E-state index in [4.69, 9.17) is 9.47 Å². The first-order valence-corrected chi connectivity index (χ1v) is 15.7. The lowest BCUT2D eigenvalue weighted by Gasteiger charge is -2.36. The Balaban J connectivity index is 1.21. The number of hydrogen-bond acceptors (Lipinski definition) is 8. The first-order chi connectivity index (χ1) is 21.3. The van der Waals surface area contributed by atoms with Gasteiger partial charge in [-0.2, -0.15) is 0 Å². The molecule has 2 heterocycles. The van der Waals surface area contributed by atoms with Crippen LogP contribution in [0.25, 0.3) is 6.08 Å². The van der Waals surface area contributed by atoms with Crippen LogP contribution in [0.5, 0.6) is 11.5 Å². The zero-order valence-electron chi connectivity index (χ0n) is 24.0. The number of nitrogens with zero attached hydrogens (tertiary/aromatic N) is 3. The van der Waals surface area contributed by atoms with Crippen LogP contribution in [0.2, 0.25) is 0 Å². The smallest absolute Gasteiger partial charge is 0.294 e. The second kappa shape index (κ2) is 14.5. The molecular formula is C32H31BrN4O6S. The number of thioether (sulfide) groups is 1. The number of rotatable bonds is 10. The summed E-state index contributed by atoms with van der Waals surface area (Å²) in [5, 5.41) is 2.26. The minimum atomic E-state index is -0.529. The molecule has 2 fully saturated rings. The molecule has 5 rings (SSSR count). The zero-order valence-corrected chi connectivity index (χ0v) is 26.4. The van der Waals surface area contributed by atoms with Crippen molar-refractivity contribution in [2.75, 3.05) is 56.2 Å². The summed E-state index contributed by atoms with van der Waals surface area (Å²) in [7, 11) is 0. The molecule has 2 aliphatic heterocycles. The monoisotopic (exact) mass is 678 g/mol. The minimum absolute atomic E-state index is 0.191. The van der Waals surface area contributed by atoms with Crippen LogP contribution in [-0.4, -0.2) is 78.7 Å². The Morgan fingerprint density at radius 2 is 1.59 bits per heavy atom. The third-order valence-electron chi connectivity index (χ3n) is 6.99. The molecule has 0 unspecified atom stereocenters. The third kappa shape index (κ3) is 7.61. The number of hydrogen-bond donors (Lipinski definition) is 1. The number of piperazine rings is 1. The first kappa shape index (κ1) is 31.1. The van der Waals surface area contributed by atoms with Crippen molar-refractivity contribution in [2.24, 2.45) is 0 Å². The van der Waals surface area contributed by atoms with Crippen LogP contribution < -0.4 is 19.7 Å². The van der Waals surface area contributed by atoms with Crippen molar-refractivity contribution in [1.29, 1.82) is 0 Å². The number of para-hydroxylation sites is 2. The van der Waals surface area contributed by atoms with Gasteiger partial charge in [0, 0.05) is 42.0 Å². The van der Waals surface area contributed by atoms with Gasteiger partial charge in [-0.3, -0.25) is 24.1 Å². The molecular weight excluding hydrogens is 648 g/mol. The van der Waals surface area contributed by atoms with Gasteiger partial charge >= 0.3 is 0 Å². The van der Waals surface area contributed by atoms with E-state index in [1.165, 1.54) is 0 Å². The van der Waals surface area contributed by atoms with Crippen molar-refractivity contribution in [3.8, 4) is 11.5 Å². The van der Waals surface area contributed by atoms with Crippen molar-refractivity contribution >= 4 is 68.1 Å². The van der Waals surface area contributed by atoms with Gasteiger partial charge in [0.05, 0.1) is 11.5 Å². The summed E-state index contributed by atoms with van der Waals surface area (Å²) in [5.74, 6) is -0.415. The van der Waals surface area contributed by atoms with E-state index in [-0.39, 0.29) is 29.9 Å². The summed E-state index contributed by atoms with van der Waals surface area (Å²) >= 11 is 4.28. The van der Waals surface area contributed by atoms with E-state index >= 15 is 0 Å². The van der Waals surface area contributed by atoms with Gasteiger partial charge in [0.1, 0.15) is 6.54 Å². The summed E-state index contributed by atoms with van der Waals surface area (Å²) in [6.45, 7) is 3.97. The fourth-order valence-corrected chi connectivity index (χ4v) is 6.04. The van der Waals surface area contributed by atoms with Crippen molar-refractivity contribution < 1.29 is 28.7 Å². The van der Waals surface area contributed by atoms with Crippen LogP contribution in [0, 0.1) is 0 Å². The quantitative estimate of drug-likeness (QED) is 0.290. The highest BCUT2D eigenvalue weighted by Crippen LogP contribution is 2.38. The second-order valence-electron chi connectivity index (χ2n) is 9.93. The van der Waals surface area contributed by atoms with Gasteiger partial charge < -0.3 is 24.6 Å². The third-order valence-corrected chi connectivity index (χ3v) is 8.58. The fourth-order valence-electron chi connectivity index (χ4n) is 4.77. The molecule has 0 aliphatic carbocycles. The maximum Gasteiger partial charge on any atom is 0.294 e. The molecule has 3 aromatic carbocycles. The van der Waals surface area contributed by atoms with Gasteiger partial charge in [0.15, 0.2) is 18.1 Å². The van der Waals surface area contributed by atoms with Crippen LogP contribution in [0.3, 0.4) is 0 Å². The first-order valence-electron chi connectivity index (χ1n) is 14.1. The summed E-state index contributed by atoms with van der Waals surface area (Å²) in [4.78, 5) is 56.5. The fraction of sp³-hybridized carbons (Fsp3) is 0.250. The number of anilines is 2. The van der Waals surface area contributed by atoms with E-state index in [9.17, 15) is 19.2 Å². The Hall–Kier alpha value is -4.29. The van der Waals surface area contributed by atoms with E-state index < -0.39 is 11.1 Å². The Labute approximate surface area is 268 Å². The molecule has 12 heteroatoms. The molecule has 44 heavy (non-hydrogen) atoms. The van der Waals surface area contributed by atoms with Crippen LogP contribution >= 0.6 is 27.7 Å². The summed E-state index contributed by atoms with van der Waals surface area (Å²) < 4.78 is 12.1. The summed E-state index contributed by atoms with van der Waals surface area (Å²) in [6, 6.07) is 22.4. The average molecular weight is 680 g/mol. The number of amides is 4. The molecule has 228 valence electrons. The van der Waals surface area contributed by atoms with Crippen molar-refractivity contribution in [1.82, 2.24) is 9.80 Å². The van der Waals surface area contributed by atoms with Gasteiger partial charge in [-0.15, -0.1) is 0 Å². The van der Waals surface area contributed by atoms with Crippen molar-refractivity contribution in [2.45, 2.75) is 6.92 Å². The normalized spacial score (nSPS) is 16.0. The number of halogens is 1. The molecule has 2 saturated heterocycles. The largest absolute Gasteiger partial charge is 0.490 e. The molecule has 3 aromatic rings. The zero-order chi connectivity index (χ0) is 31.1. The topological polar surface area (TPSA) is 108 Å². The van der Waals surface area contributed by atoms with Crippen LogP contribution in [0.1, 0.15) is 12.5 Å². The standard InChI is InChI=1S/C32H31BrN4O6S/c1-2-42-26-17-22(25(33)19-27(26)43-21-29(38)34-23-9-5-3-6-10-23)18-28-31(40)37(32(41)44-28)20-30(39)36-15-13-35(14-16-36)24-11-7-4-8-12-24/h3-12,17-19H,2,13-16,20-21H2,1H3,(H,34,38)/b28-18+. The Morgan fingerprint density at radius 1 is 0.932 bits per heavy atom. The van der Waals surface area contributed by atoms with Gasteiger partial charge in [0.2, 0.25) is 5.91 Å². The summed E-state index contributed by atoms with van der Waals surface area (Å²) in [5.41, 5.74) is 2.33. The van der Waals surface area contributed by atoms with Gasteiger partial charge in [0.25, 0.3) is 17.1 Å². The minimum Gasteiger partial charge on any atom is -0.490 e. The lowest BCUT2D eigenvalue weighted by Crippen LogP contribution is -2.51. The van der Waals surface area contributed by atoms with E-state index in [2.05, 4.69) is 26.1 Å². The Kier molecular flexibility index (Phi) is 10.2. The van der Waals surface area contributed by atoms with E-state index in [0.29, 0.717) is 60.0 Å². The highest BCUT2D eigenvalue weighted by atomic mass is 79.9. The molecule has 0 atom stereocenters.